The second-order valence-electron chi connectivity index (χ2n) is 5.22. The summed E-state index contributed by atoms with van der Waals surface area (Å²) in [5.41, 5.74) is 6.93. The number of nitrogens with two attached hydrogens (primary N) is 1. The van der Waals surface area contributed by atoms with Gasteiger partial charge in [0, 0.05) is 0 Å². The van der Waals surface area contributed by atoms with Crippen molar-refractivity contribution in [2.24, 2.45) is 5.73 Å². The summed E-state index contributed by atoms with van der Waals surface area (Å²) in [6.07, 6.45) is 6.69. The molecule has 1 fully saturated rings. The van der Waals surface area contributed by atoms with Gasteiger partial charge in [0.15, 0.2) is 0 Å². The third kappa shape index (κ3) is 3.15. The molecule has 2 rings (SSSR count). The van der Waals surface area contributed by atoms with E-state index in [1.807, 2.05) is 13.8 Å². The van der Waals surface area contributed by atoms with E-state index in [0.29, 0.717) is 11.5 Å². The highest BCUT2D eigenvalue weighted by Gasteiger charge is 2.33. The highest BCUT2D eigenvalue weighted by atomic mass is 32.1. The Bertz CT molecular complexity index is 448. The van der Waals surface area contributed by atoms with Crippen LogP contribution >= 0.6 is 11.3 Å². The van der Waals surface area contributed by atoms with Crippen molar-refractivity contribution < 1.29 is 9.53 Å². The van der Waals surface area contributed by atoms with Crippen LogP contribution in [0.3, 0.4) is 0 Å². The Kier molecular flexibility index (Phi) is 4.58. The zero-order valence-electron chi connectivity index (χ0n) is 11.7. The standard InChI is InChI=1S/C14H22N2O2S/c1-3-18-12(17)11-10(2)16-13(19-11)14(15)8-6-4-5-7-9-14/h3-9,15H2,1-2H3. The fourth-order valence-corrected chi connectivity index (χ4v) is 3.69. The van der Waals surface area contributed by atoms with E-state index in [2.05, 4.69) is 4.98 Å². The molecule has 0 bridgehead atoms. The molecule has 0 atom stereocenters. The minimum atomic E-state index is -0.351. The summed E-state index contributed by atoms with van der Waals surface area (Å²) in [6, 6.07) is 0. The van der Waals surface area contributed by atoms with E-state index in [1.165, 1.54) is 24.2 Å². The molecular formula is C14H22N2O2S. The highest BCUT2D eigenvalue weighted by Crippen LogP contribution is 2.36. The molecule has 5 heteroatoms. The number of esters is 1. The summed E-state index contributed by atoms with van der Waals surface area (Å²) in [5.74, 6) is -0.277. The van der Waals surface area contributed by atoms with Crippen LogP contribution < -0.4 is 5.73 Å². The number of aromatic nitrogens is 1. The second-order valence-corrected chi connectivity index (χ2v) is 6.22. The molecular weight excluding hydrogens is 260 g/mol. The third-order valence-corrected chi connectivity index (χ3v) is 5.04. The van der Waals surface area contributed by atoms with Gasteiger partial charge in [0.2, 0.25) is 0 Å². The molecule has 0 radical (unpaired) electrons. The van der Waals surface area contributed by atoms with Crippen LogP contribution in [0.4, 0.5) is 0 Å². The maximum absolute atomic E-state index is 11.8. The largest absolute Gasteiger partial charge is 0.462 e. The summed E-state index contributed by atoms with van der Waals surface area (Å²) in [5, 5.41) is 0.898. The molecule has 2 N–H and O–H groups in total. The van der Waals surface area contributed by atoms with Gasteiger partial charge in [-0.05, 0) is 26.7 Å². The van der Waals surface area contributed by atoms with Gasteiger partial charge in [-0.1, -0.05) is 25.7 Å². The summed E-state index contributed by atoms with van der Waals surface area (Å²) < 4.78 is 5.06. The van der Waals surface area contributed by atoms with Crippen molar-refractivity contribution >= 4 is 17.3 Å². The summed E-state index contributed by atoms with van der Waals surface area (Å²) >= 11 is 1.41. The minimum Gasteiger partial charge on any atom is -0.462 e. The Labute approximate surface area is 118 Å². The molecule has 0 spiro atoms. The van der Waals surface area contributed by atoms with Crippen LogP contribution in [-0.4, -0.2) is 17.6 Å². The zero-order chi connectivity index (χ0) is 13.9. The van der Waals surface area contributed by atoms with E-state index in [4.69, 9.17) is 10.5 Å². The molecule has 1 aliphatic carbocycles. The lowest BCUT2D eigenvalue weighted by molar-refractivity contribution is 0.0531. The summed E-state index contributed by atoms with van der Waals surface area (Å²) in [6.45, 7) is 4.05. The quantitative estimate of drug-likeness (QED) is 0.683. The first-order valence-electron chi connectivity index (χ1n) is 7.01. The normalized spacial score (nSPS) is 18.9. The second kappa shape index (κ2) is 6.01. The van der Waals surface area contributed by atoms with E-state index in [0.717, 1.165) is 36.4 Å². The Balaban J connectivity index is 2.25. The average molecular weight is 282 g/mol. The molecule has 0 amide bonds. The van der Waals surface area contributed by atoms with Crippen molar-refractivity contribution in [3.8, 4) is 0 Å². The van der Waals surface area contributed by atoms with Crippen LogP contribution in [-0.2, 0) is 10.3 Å². The number of carbonyl (C=O) groups excluding carboxylic acids is 1. The minimum absolute atomic E-state index is 0.277. The van der Waals surface area contributed by atoms with Crippen molar-refractivity contribution in [3.63, 3.8) is 0 Å². The Morgan fingerprint density at radius 1 is 1.37 bits per heavy atom. The molecule has 0 aromatic carbocycles. The van der Waals surface area contributed by atoms with Crippen LogP contribution in [0, 0.1) is 6.92 Å². The van der Waals surface area contributed by atoms with E-state index >= 15 is 0 Å². The number of aryl methyl sites for hydroxylation is 1. The lowest BCUT2D eigenvalue weighted by Gasteiger charge is -2.25. The van der Waals surface area contributed by atoms with Crippen molar-refractivity contribution in [1.82, 2.24) is 4.98 Å². The van der Waals surface area contributed by atoms with E-state index in [1.54, 1.807) is 0 Å². The van der Waals surface area contributed by atoms with Crippen molar-refractivity contribution in [2.45, 2.75) is 57.9 Å². The Morgan fingerprint density at radius 2 is 2.00 bits per heavy atom. The fourth-order valence-electron chi connectivity index (χ4n) is 2.57. The van der Waals surface area contributed by atoms with Crippen LogP contribution in [0.15, 0.2) is 0 Å². The molecule has 1 aromatic heterocycles. The monoisotopic (exact) mass is 282 g/mol. The summed E-state index contributed by atoms with van der Waals surface area (Å²) in [7, 11) is 0. The van der Waals surface area contributed by atoms with Gasteiger partial charge >= 0.3 is 5.97 Å². The maximum Gasteiger partial charge on any atom is 0.350 e. The van der Waals surface area contributed by atoms with Gasteiger partial charge in [-0.2, -0.15) is 0 Å². The van der Waals surface area contributed by atoms with Crippen molar-refractivity contribution in [2.75, 3.05) is 6.61 Å². The third-order valence-electron chi connectivity index (χ3n) is 3.68. The molecule has 4 nitrogen and oxygen atoms in total. The fraction of sp³-hybridized carbons (Fsp3) is 0.714. The zero-order valence-corrected chi connectivity index (χ0v) is 12.5. The van der Waals surface area contributed by atoms with Crippen molar-refractivity contribution in [1.29, 1.82) is 0 Å². The molecule has 19 heavy (non-hydrogen) atoms. The van der Waals surface area contributed by atoms with Gasteiger partial charge in [0.25, 0.3) is 0 Å². The number of nitrogens with zero attached hydrogens (tertiary/aromatic N) is 1. The Morgan fingerprint density at radius 3 is 2.58 bits per heavy atom. The molecule has 106 valence electrons. The first kappa shape index (κ1) is 14.5. The Hall–Kier alpha value is -0.940. The van der Waals surface area contributed by atoms with Gasteiger partial charge in [-0.3, -0.25) is 0 Å². The first-order valence-corrected chi connectivity index (χ1v) is 7.82. The molecule has 0 aliphatic heterocycles. The van der Waals surface area contributed by atoms with E-state index < -0.39 is 0 Å². The topological polar surface area (TPSA) is 65.2 Å². The van der Waals surface area contributed by atoms with Crippen LogP contribution in [0.25, 0.3) is 0 Å². The molecule has 0 unspecified atom stereocenters. The van der Waals surface area contributed by atoms with Crippen molar-refractivity contribution in [3.05, 3.63) is 15.6 Å². The smallest absolute Gasteiger partial charge is 0.350 e. The molecule has 1 aromatic rings. The number of hydrogen-bond acceptors (Lipinski definition) is 5. The molecule has 1 saturated carbocycles. The number of carbonyl (C=O) groups is 1. The lowest BCUT2D eigenvalue weighted by atomic mass is 9.92. The molecule has 1 aliphatic rings. The van der Waals surface area contributed by atoms with E-state index in [9.17, 15) is 4.79 Å². The predicted octanol–water partition coefficient (Wildman–Crippen LogP) is 3.14. The van der Waals surface area contributed by atoms with Gasteiger partial charge < -0.3 is 10.5 Å². The number of hydrogen-bond donors (Lipinski definition) is 1. The summed E-state index contributed by atoms with van der Waals surface area (Å²) in [4.78, 5) is 17.0. The van der Waals surface area contributed by atoms with Crippen LogP contribution in [0.1, 0.15) is 65.8 Å². The molecule has 1 heterocycles. The first-order chi connectivity index (χ1) is 9.07. The molecule has 0 saturated heterocycles. The van der Waals surface area contributed by atoms with Crippen LogP contribution in [0.2, 0.25) is 0 Å². The number of thiazole rings is 1. The van der Waals surface area contributed by atoms with Gasteiger partial charge in [-0.25, -0.2) is 9.78 Å². The van der Waals surface area contributed by atoms with Gasteiger partial charge in [0.1, 0.15) is 9.88 Å². The van der Waals surface area contributed by atoms with E-state index in [-0.39, 0.29) is 11.5 Å². The number of rotatable bonds is 3. The maximum atomic E-state index is 11.8. The lowest BCUT2D eigenvalue weighted by Crippen LogP contribution is -2.35. The van der Waals surface area contributed by atoms with Gasteiger partial charge in [0.05, 0.1) is 17.8 Å². The number of ether oxygens (including phenoxy) is 1. The highest BCUT2D eigenvalue weighted by molar-refractivity contribution is 7.13. The van der Waals surface area contributed by atoms with Crippen LogP contribution in [0.5, 0.6) is 0 Å². The average Bonchev–Trinajstić information content (AvgIpc) is 2.63. The predicted molar refractivity (Wildman–Crippen MR) is 76.4 cm³/mol. The van der Waals surface area contributed by atoms with Gasteiger partial charge in [-0.15, -0.1) is 11.3 Å². The SMILES string of the molecule is CCOC(=O)c1sc(C2(N)CCCCCC2)nc1C.